The number of allylic oxidation sites excluding steroid dienone is 1. The van der Waals surface area contributed by atoms with Crippen LogP contribution in [0, 0.1) is 0 Å². The molecule has 2 heterocycles. The molecule has 36 heavy (non-hydrogen) atoms. The Morgan fingerprint density at radius 2 is 1.75 bits per heavy atom. The molecule has 7 nitrogen and oxygen atoms in total. The number of nitrogens with zero attached hydrogens (tertiary/aromatic N) is 3. The highest BCUT2D eigenvalue weighted by Gasteiger charge is 2.33. The highest BCUT2D eigenvalue weighted by atomic mass is 35.5. The zero-order chi connectivity index (χ0) is 25.2. The Kier molecular flexibility index (Phi) is 6.87. The van der Waals surface area contributed by atoms with Crippen LogP contribution < -0.4 is 15.4 Å². The lowest BCUT2D eigenvalue weighted by Gasteiger charge is -2.28. The fraction of sp³-hybridized carbons (Fsp3) is 0.115. The Morgan fingerprint density at radius 1 is 1.03 bits per heavy atom. The third-order valence-electron chi connectivity index (χ3n) is 5.75. The van der Waals surface area contributed by atoms with Crippen molar-refractivity contribution in [3.05, 3.63) is 111 Å². The average molecular weight is 541 g/mol. The van der Waals surface area contributed by atoms with Crippen molar-refractivity contribution in [3.63, 3.8) is 0 Å². The van der Waals surface area contributed by atoms with Gasteiger partial charge in [0.15, 0.2) is 0 Å². The van der Waals surface area contributed by atoms with E-state index in [-0.39, 0.29) is 5.91 Å². The Bertz CT molecular complexity index is 1450. The van der Waals surface area contributed by atoms with Gasteiger partial charge in [0.25, 0.3) is 5.91 Å². The summed E-state index contributed by atoms with van der Waals surface area (Å²) >= 11 is 18.2. The molecule has 0 saturated carbocycles. The van der Waals surface area contributed by atoms with Crippen LogP contribution in [0.5, 0.6) is 5.75 Å². The number of carbonyl (C=O) groups excluding carboxylic acids is 1. The van der Waals surface area contributed by atoms with E-state index in [1.54, 1.807) is 41.1 Å². The van der Waals surface area contributed by atoms with Crippen molar-refractivity contribution in [1.82, 2.24) is 14.8 Å². The molecule has 0 bridgehead atoms. The molecule has 5 rings (SSSR count). The minimum Gasteiger partial charge on any atom is -0.489 e. The van der Waals surface area contributed by atoms with Gasteiger partial charge < -0.3 is 15.4 Å². The number of amides is 1. The lowest BCUT2D eigenvalue weighted by Crippen LogP contribution is -2.31. The molecule has 1 aliphatic rings. The van der Waals surface area contributed by atoms with Gasteiger partial charge in [0.1, 0.15) is 24.7 Å². The zero-order valence-corrected chi connectivity index (χ0v) is 21.3. The lowest BCUT2D eigenvalue weighted by molar-refractivity contribution is -0.113. The molecule has 0 spiro atoms. The van der Waals surface area contributed by atoms with Crippen LogP contribution in [0.15, 0.2) is 84.3 Å². The van der Waals surface area contributed by atoms with E-state index in [0.717, 1.165) is 11.1 Å². The summed E-state index contributed by atoms with van der Waals surface area (Å²) in [6.45, 7) is 2.14. The molecule has 1 aliphatic heterocycles. The van der Waals surface area contributed by atoms with Crippen LogP contribution in [0.1, 0.15) is 24.1 Å². The van der Waals surface area contributed by atoms with Gasteiger partial charge in [-0.25, -0.2) is 4.68 Å². The number of hydrogen-bond acceptors (Lipinski definition) is 5. The Balaban J connectivity index is 1.40. The predicted octanol–water partition coefficient (Wildman–Crippen LogP) is 6.74. The van der Waals surface area contributed by atoms with Crippen molar-refractivity contribution in [2.24, 2.45) is 0 Å². The maximum atomic E-state index is 13.4. The fourth-order valence-corrected chi connectivity index (χ4v) is 4.56. The van der Waals surface area contributed by atoms with Crippen molar-refractivity contribution in [2.45, 2.75) is 19.6 Å². The number of halogens is 3. The van der Waals surface area contributed by atoms with Crippen LogP contribution >= 0.6 is 34.8 Å². The summed E-state index contributed by atoms with van der Waals surface area (Å²) in [5.74, 6) is 0.954. The fourth-order valence-electron chi connectivity index (χ4n) is 3.97. The van der Waals surface area contributed by atoms with E-state index in [1.807, 2.05) is 37.3 Å². The van der Waals surface area contributed by atoms with Gasteiger partial charge >= 0.3 is 0 Å². The summed E-state index contributed by atoms with van der Waals surface area (Å²) in [7, 11) is 0. The number of carbonyl (C=O) groups is 1. The molecule has 182 valence electrons. The summed E-state index contributed by atoms with van der Waals surface area (Å²) in [4.78, 5) is 17.7. The van der Waals surface area contributed by atoms with Crippen molar-refractivity contribution >= 4 is 52.3 Å². The quantitative estimate of drug-likeness (QED) is 0.283. The van der Waals surface area contributed by atoms with Gasteiger partial charge in [-0.15, -0.1) is 0 Å². The second-order valence-electron chi connectivity index (χ2n) is 8.15. The molecule has 0 unspecified atom stereocenters. The molecular formula is C26H20Cl3N5O2. The molecular weight excluding hydrogens is 521 g/mol. The molecule has 1 aromatic heterocycles. The topological polar surface area (TPSA) is 81.1 Å². The smallest absolute Gasteiger partial charge is 0.255 e. The van der Waals surface area contributed by atoms with Gasteiger partial charge in [-0.05, 0) is 61.0 Å². The monoisotopic (exact) mass is 539 g/mol. The van der Waals surface area contributed by atoms with E-state index in [2.05, 4.69) is 20.7 Å². The summed E-state index contributed by atoms with van der Waals surface area (Å²) in [5, 5.41) is 12.2. The van der Waals surface area contributed by atoms with Crippen LogP contribution in [0.25, 0.3) is 0 Å². The number of anilines is 2. The molecule has 1 atom stereocenters. The maximum absolute atomic E-state index is 13.4. The molecule has 10 heteroatoms. The van der Waals surface area contributed by atoms with Crippen molar-refractivity contribution in [1.29, 1.82) is 0 Å². The van der Waals surface area contributed by atoms with Crippen LogP contribution in [-0.2, 0) is 11.4 Å². The van der Waals surface area contributed by atoms with E-state index in [1.165, 1.54) is 6.33 Å². The SMILES string of the molecule is CC1=C(C(=O)Nc2ccc(Cl)cc2)[C@@H](c2ccc(OCc3ccc(Cl)cc3Cl)cc2)n2ncnc2N1. The van der Waals surface area contributed by atoms with Gasteiger partial charge in [-0.1, -0.05) is 53.0 Å². The molecule has 0 fully saturated rings. The number of fused-ring (bicyclic) bond motifs is 1. The zero-order valence-electron chi connectivity index (χ0n) is 19.0. The van der Waals surface area contributed by atoms with Gasteiger partial charge in [0.05, 0.1) is 5.57 Å². The average Bonchev–Trinajstić information content (AvgIpc) is 3.32. The number of ether oxygens (including phenoxy) is 1. The Morgan fingerprint density at radius 3 is 2.47 bits per heavy atom. The first kappa shape index (κ1) is 24.2. The number of rotatable bonds is 6. The second kappa shape index (κ2) is 10.2. The van der Waals surface area contributed by atoms with E-state index in [0.29, 0.717) is 50.3 Å². The maximum Gasteiger partial charge on any atom is 0.255 e. The first-order chi connectivity index (χ1) is 17.4. The molecule has 0 radical (unpaired) electrons. The third-order valence-corrected chi connectivity index (χ3v) is 6.59. The summed E-state index contributed by atoms with van der Waals surface area (Å²) in [6, 6.07) is 19.3. The summed E-state index contributed by atoms with van der Waals surface area (Å²) in [5.41, 5.74) is 3.52. The minimum atomic E-state index is -0.490. The number of hydrogen-bond donors (Lipinski definition) is 2. The largest absolute Gasteiger partial charge is 0.489 e. The first-order valence-corrected chi connectivity index (χ1v) is 12.1. The summed E-state index contributed by atoms with van der Waals surface area (Å²) < 4.78 is 7.60. The van der Waals surface area contributed by atoms with E-state index in [4.69, 9.17) is 39.5 Å². The molecule has 0 saturated heterocycles. The lowest BCUT2D eigenvalue weighted by atomic mass is 9.95. The third kappa shape index (κ3) is 5.04. The standard InChI is InChI=1S/C26H20Cl3N5O2/c1-15-23(25(35)33-20-8-6-18(27)7-9-20)24(34-26(32-15)30-14-31-34)16-3-10-21(11-4-16)36-13-17-2-5-19(28)12-22(17)29/h2-12,14,24H,13H2,1H3,(H,33,35)(H,30,31,32)/t24-/m1/s1. The number of nitrogens with one attached hydrogen (secondary N) is 2. The first-order valence-electron chi connectivity index (χ1n) is 11.0. The van der Waals surface area contributed by atoms with Crippen LogP contribution in [0.3, 0.4) is 0 Å². The van der Waals surface area contributed by atoms with Gasteiger partial charge in [0, 0.05) is 32.0 Å². The van der Waals surface area contributed by atoms with Crippen molar-refractivity contribution in [2.75, 3.05) is 10.6 Å². The molecule has 1 amide bonds. The van der Waals surface area contributed by atoms with Crippen LogP contribution in [0.4, 0.5) is 11.6 Å². The molecule has 2 N–H and O–H groups in total. The highest BCUT2D eigenvalue weighted by molar-refractivity contribution is 6.35. The van der Waals surface area contributed by atoms with Gasteiger partial charge in [0.2, 0.25) is 5.95 Å². The van der Waals surface area contributed by atoms with E-state index < -0.39 is 6.04 Å². The minimum absolute atomic E-state index is 0.258. The van der Waals surface area contributed by atoms with Crippen molar-refractivity contribution in [3.8, 4) is 5.75 Å². The normalized spacial score (nSPS) is 14.7. The van der Waals surface area contributed by atoms with Crippen LogP contribution in [0.2, 0.25) is 15.1 Å². The second-order valence-corrected chi connectivity index (χ2v) is 9.43. The summed E-state index contributed by atoms with van der Waals surface area (Å²) in [6.07, 6.45) is 1.45. The van der Waals surface area contributed by atoms with E-state index in [9.17, 15) is 4.79 Å². The van der Waals surface area contributed by atoms with Crippen molar-refractivity contribution < 1.29 is 9.53 Å². The molecule has 0 aliphatic carbocycles. The van der Waals surface area contributed by atoms with E-state index >= 15 is 0 Å². The van der Waals surface area contributed by atoms with Gasteiger partial charge in [-0.2, -0.15) is 10.1 Å². The number of benzene rings is 3. The predicted molar refractivity (Wildman–Crippen MR) is 142 cm³/mol. The Labute approximate surface area is 222 Å². The molecule has 4 aromatic rings. The highest BCUT2D eigenvalue weighted by Crippen LogP contribution is 2.36. The van der Waals surface area contributed by atoms with Crippen LogP contribution in [-0.4, -0.2) is 20.7 Å². The number of aromatic nitrogens is 3. The Hall–Kier alpha value is -3.52. The van der Waals surface area contributed by atoms with Gasteiger partial charge in [-0.3, -0.25) is 4.79 Å². The molecule has 3 aromatic carbocycles.